The first-order chi connectivity index (χ1) is 13.3. The number of anilines is 1. The lowest BCUT2D eigenvalue weighted by molar-refractivity contribution is -0.113. The van der Waals surface area contributed by atoms with Crippen molar-refractivity contribution < 1.29 is 9.53 Å². The summed E-state index contributed by atoms with van der Waals surface area (Å²) < 4.78 is 7.41. The van der Waals surface area contributed by atoms with Crippen LogP contribution in [-0.4, -0.2) is 26.8 Å². The van der Waals surface area contributed by atoms with E-state index in [1.807, 2.05) is 44.2 Å². The highest BCUT2D eigenvalue weighted by Gasteiger charge is 2.31. The summed E-state index contributed by atoms with van der Waals surface area (Å²) in [4.78, 5) is 31.7. The van der Waals surface area contributed by atoms with Gasteiger partial charge in [0.2, 0.25) is 5.91 Å². The monoisotopic (exact) mass is 415 g/mol. The summed E-state index contributed by atoms with van der Waals surface area (Å²) in [5.74, 6) is 0.0493. The molecular weight excluding hydrogens is 394 g/mol. The van der Waals surface area contributed by atoms with E-state index in [1.165, 1.54) is 27.7 Å². The van der Waals surface area contributed by atoms with Crippen LogP contribution in [0, 0.1) is 0 Å². The highest BCUT2D eigenvalue weighted by Crippen LogP contribution is 2.37. The number of thioether (sulfide) groups is 1. The number of carbonyl (C=O) groups is 1. The van der Waals surface area contributed by atoms with Gasteiger partial charge in [0.1, 0.15) is 4.83 Å². The number of para-hydroxylation sites is 1. The number of nitrogens with one attached hydrogen (secondary N) is 1. The maximum absolute atomic E-state index is 13.0. The number of aromatic nitrogens is 2. The smallest absolute Gasteiger partial charge is 0.262 e. The number of hydrogen-bond donors (Lipinski definition) is 1. The van der Waals surface area contributed by atoms with Crippen molar-refractivity contribution in [3.05, 3.63) is 51.1 Å². The van der Waals surface area contributed by atoms with Crippen LogP contribution in [0.5, 0.6) is 0 Å². The Bertz CT molecular complexity index is 1100. The van der Waals surface area contributed by atoms with Gasteiger partial charge in [-0.05, 0) is 31.5 Å². The highest BCUT2D eigenvalue weighted by molar-refractivity contribution is 7.99. The van der Waals surface area contributed by atoms with Crippen molar-refractivity contribution in [2.24, 2.45) is 7.05 Å². The van der Waals surface area contributed by atoms with Gasteiger partial charge in [0.25, 0.3) is 5.56 Å². The van der Waals surface area contributed by atoms with Gasteiger partial charge in [-0.3, -0.25) is 14.2 Å². The number of hydrogen-bond acceptors (Lipinski definition) is 6. The second-order valence-electron chi connectivity index (χ2n) is 7.37. The number of nitrogens with zero attached hydrogens (tertiary/aromatic N) is 2. The molecule has 1 N–H and O–H groups in total. The predicted molar refractivity (Wildman–Crippen MR) is 113 cm³/mol. The van der Waals surface area contributed by atoms with E-state index in [0.29, 0.717) is 23.6 Å². The molecule has 0 spiro atoms. The molecule has 1 amide bonds. The quantitative estimate of drug-likeness (QED) is 0.521. The molecule has 0 fully saturated rings. The van der Waals surface area contributed by atoms with Crippen LogP contribution in [-0.2, 0) is 29.6 Å². The fourth-order valence-corrected chi connectivity index (χ4v) is 5.15. The van der Waals surface area contributed by atoms with Crippen LogP contribution in [0.4, 0.5) is 5.69 Å². The summed E-state index contributed by atoms with van der Waals surface area (Å²) in [6.07, 6.45) is 0.700. The normalized spacial score (nSPS) is 15.4. The Morgan fingerprint density at radius 3 is 2.86 bits per heavy atom. The van der Waals surface area contributed by atoms with E-state index in [9.17, 15) is 9.59 Å². The second-order valence-corrected chi connectivity index (χ2v) is 9.40. The fourth-order valence-electron chi connectivity index (χ4n) is 3.23. The molecule has 0 unspecified atom stereocenters. The molecule has 28 heavy (non-hydrogen) atoms. The number of benzene rings is 1. The Labute approximate surface area is 170 Å². The van der Waals surface area contributed by atoms with Crippen molar-refractivity contribution in [1.82, 2.24) is 9.55 Å². The molecule has 1 aromatic carbocycles. The summed E-state index contributed by atoms with van der Waals surface area (Å²) >= 11 is 2.78. The van der Waals surface area contributed by atoms with Crippen LogP contribution in [0.15, 0.2) is 40.3 Å². The SMILES string of the molecule is Cn1c(SCC(=O)Nc2ccccc2)nc2sc3c(c2c1=O)CC(C)(C)OC3. The molecule has 2 aromatic heterocycles. The minimum absolute atomic E-state index is 0.0637. The van der Waals surface area contributed by atoms with Crippen LogP contribution in [0.2, 0.25) is 0 Å². The molecule has 1 aliphatic rings. The van der Waals surface area contributed by atoms with Gasteiger partial charge in [0.15, 0.2) is 5.16 Å². The number of fused-ring (bicyclic) bond motifs is 3. The molecule has 6 nitrogen and oxygen atoms in total. The minimum Gasteiger partial charge on any atom is -0.370 e. The Kier molecular flexibility index (Phi) is 5.03. The van der Waals surface area contributed by atoms with Crippen molar-refractivity contribution in [2.75, 3.05) is 11.1 Å². The van der Waals surface area contributed by atoms with Crippen LogP contribution >= 0.6 is 23.1 Å². The average Bonchev–Trinajstić information content (AvgIpc) is 3.00. The number of ether oxygens (including phenoxy) is 1. The van der Waals surface area contributed by atoms with Crippen molar-refractivity contribution >= 4 is 44.9 Å². The van der Waals surface area contributed by atoms with E-state index >= 15 is 0 Å². The Morgan fingerprint density at radius 1 is 1.36 bits per heavy atom. The number of thiophene rings is 1. The van der Waals surface area contributed by atoms with Gasteiger partial charge in [0, 0.05) is 24.0 Å². The van der Waals surface area contributed by atoms with E-state index in [-0.39, 0.29) is 22.8 Å². The molecule has 3 heterocycles. The summed E-state index contributed by atoms with van der Waals surface area (Å²) in [6, 6.07) is 9.30. The third kappa shape index (κ3) is 3.72. The molecule has 1 aliphatic heterocycles. The van der Waals surface area contributed by atoms with Gasteiger partial charge in [0.05, 0.1) is 23.3 Å². The maximum Gasteiger partial charge on any atom is 0.262 e. The maximum atomic E-state index is 13.0. The van der Waals surface area contributed by atoms with Crippen LogP contribution in [0.1, 0.15) is 24.3 Å². The van der Waals surface area contributed by atoms with Crippen molar-refractivity contribution in [2.45, 2.75) is 37.6 Å². The van der Waals surface area contributed by atoms with Crippen molar-refractivity contribution in [3.63, 3.8) is 0 Å². The lowest BCUT2D eigenvalue weighted by Gasteiger charge is -2.29. The second kappa shape index (κ2) is 7.35. The van der Waals surface area contributed by atoms with Gasteiger partial charge >= 0.3 is 0 Å². The topological polar surface area (TPSA) is 73.2 Å². The van der Waals surface area contributed by atoms with Gasteiger partial charge in [-0.25, -0.2) is 4.98 Å². The zero-order valence-corrected chi connectivity index (χ0v) is 17.6. The third-order valence-corrected chi connectivity index (χ3v) is 6.79. The summed E-state index contributed by atoms with van der Waals surface area (Å²) in [7, 11) is 1.71. The van der Waals surface area contributed by atoms with Gasteiger partial charge in [-0.15, -0.1) is 11.3 Å². The molecule has 0 saturated heterocycles. The zero-order chi connectivity index (χ0) is 19.9. The number of amides is 1. The first kappa shape index (κ1) is 19.2. The molecular formula is C20H21N3O3S2. The molecule has 4 rings (SSSR count). The summed E-state index contributed by atoms with van der Waals surface area (Å²) in [6.45, 7) is 4.58. The standard InChI is InChI=1S/C20H21N3O3S2/c1-20(2)9-13-14(10-26-20)28-17-16(13)18(25)23(3)19(22-17)27-11-15(24)21-12-7-5-4-6-8-12/h4-8H,9-11H2,1-3H3,(H,21,24). The Hall–Kier alpha value is -2.16. The molecule has 0 radical (unpaired) electrons. The summed E-state index contributed by atoms with van der Waals surface area (Å²) in [5, 5.41) is 4.08. The third-order valence-electron chi connectivity index (χ3n) is 4.66. The van der Waals surface area contributed by atoms with E-state index in [2.05, 4.69) is 10.3 Å². The van der Waals surface area contributed by atoms with E-state index in [0.717, 1.165) is 21.0 Å². The average molecular weight is 416 g/mol. The molecule has 0 saturated carbocycles. The minimum atomic E-state index is -0.283. The molecule has 0 atom stereocenters. The van der Waals surface area contributed by atoms with Gasteiger partial charge in [-0.1, -0.05) is 30.0 Å². The highest BCUT2D eigenvalue weighted by atomic mass is 32.2. The first-order valence-corrected chi connectivity index (χ1v) is 10.8. The van der Waals surface area contributed by atoms with Gasteiger partial charge in [-0.2, -0.15) is 0 Å². The van der Waals surface area contributed by atoms with Crippen molar-refractivity contribution in [1.29, 1.82) is 0 Å². The largest absolute Gasteiger partial charge is 0.370 e. The lowest BCUT2D eigenvalue weighted by atomic mass is 9.94. The Balaban J connectivity index is 1.58. The molecule has 3 aromatic rings. The van der Waals surface area contributed by atoms with Crippen molar-refractivity contribution in [3.8, 4) is 0 Å². The van der Waals surface area contributed by atoms with Crippen LogP contribution < -0.4 is 10.9 Å². The van der Waals surface area contributed by atoms with Gasteiger partial charge < -0.3 is 10.1 Å². The zero-order valence-electron chi connectivity index (χ0n) is 15.9. The molecule has 146 valence electrons. The fraction of sp³-hybridized carbons (Fsp3) is 0.350. The molecule has 8 heteroatoms. The number of rotatable bonds is 4. The number of carbonyl (C=O) groups excluding carboxylic acids is 1. The predicted octanol–water partition coefficient (Wildman–Crippen LogP) is 3.58. The first-order valence-electron chi connectivity index (χ1n) is 8.97. The van der Waals surface area contributed by atoms with E-state index < -0.39 is 0 Å². The van der Waals surface area contributed by atoms with Crippen LogP contribution in [0.3, 0.4) is 0 Å². The molecule has 0 aliphatic carbocycles. The van der Waals surface area contributed by atoms with Crippen LogP contribution in [0.25, 0.3) is 10.2 Å². The lowest BCUT2D eigenvalue weighted by Crippen LogP contribution is -2.32. The molecule has 0 bridgehead atoms. The van der Waals surface area contributed by atoms with E-state index in [1.54, 1.807) is 7.05 Å². The van der Waals surface area contributed by atoms with E-state index in [4.69, 9.17) is 4.74 Å². The summed E-state index contributed by atoms with van der Waals surface area (Å²) in [5.41, 5.74) is 1.46. The Morgan fingerprint density at radius 2 is 2.11 bits per heavy atom.